The van der Waals surface area contributed by atoms with E-state index < -0.39 is 16.7 Å². The lowest BCUT2D eigenvalue weighted by molar-refractivity contribution is -0.384. The van der Waals surface area contributed by atoms with E-state index in [2.05, 4.69) is 4.99 Å². The predicted octanol–water partition coefficient (Wildman–Crippen LogP) is 4.36. The van der Waals surface area contributed by atoms with Gasteiger partial charge in [-0.05, 0) is 35.9 Å². The summed E-state index contributed by atoms with van der Waals surface area (Å²) < 4.78 is 37.6. The number of halogens is 3. The SMILES string of the molecule is O=[N+]([O-])c1ccc(C=Nc2cccc(C(F)(F)F)c2)cc1. The van der Waals surface area contributed by atoms with E-state index in [1.807, 2.05) is 0 Å². The van der Waals surface area contributed by atoms with Crippen LogP contribution in [0, 0.1) is 10.1 Å². The van der Waals surface area contributed by atoms with Crippen LogP contribution < -0.4 is 0 Å². The van der Waals surface area contributed by atoms with Crippen LogP contribution in [0.4, 0.5) is 24.5 Å². The summed E-state index contributed by atoms with van der Waals surface area (Å²) in [7, 11) is 0. The minimum atomic E-state index is -4.42. The molecule has 0 unspecified atom stereocenters. The first-order valence-electron chi connectivity index (χ1n) is 5.82. The van der Waals surface area contributed by atoms with E-state index in [1.54, 1.807) is 0 Å². The number of nitro groups is 1. The predicted molar refractivity (Wildman–Crippen MR) is 71.8 cm³/mol. The van der Waals surface area contributed by atoms with Gasteiger partial charge < -0.3 is 0 Å². The van der Waals surface area contributed by atoms with Crippen LogP contribution in [0.1, 0.15) is 11.1 Å². The molecule has 4 nitrogen and oxygen atoms in total. The fourth-order valence-corrected chi connectivity index (χ4v) is 1.59. The lowest BCUT2D eigenvalue weighted by atomic mass is 10.2. The highest BCUT2D eigenvalue weighted by atomic mass is 19.4. The molecule has 0 aliphatic heterocycles. The lowest BCUT2D eigenvalue weighted by Crippen LogP contribution is -2.03. The second-order valence-electron chi connectivity index (χ2n) is 4.15. The van der Waals surface area contributed by atoms with Crippen LogP contribution in [0.3, 0.4) is 0 Å². The summed E-state index contributed by atoms with van der Waals surface area (Å²) in [5, 5.41) is 10.5. The molecule has 0 aromatic heterocycles. The first-order valence-corrected chi connectivity index (χ1v) is 5.82. The molecule has 0 aliphatic rings. The Morgan fingerprint density at radius 2 is 1.76 bits per heavy atom. The van der Waals surface area contributed by atoms with Gasteiger partial charge in [0.1, 0.15) is 0 Å². The quantitative estimate of drug-likeness (QED) is 0.479. The van der Waals surface area contributed by atoms with E-state index in [0.29, 0.717) is 5.56 Å². The Bertz CT molecular complexity index is 679. The number of benzene rings is 2. The highest BCUT2D eigenvalue weighted by Gasteiger charge is 2.30. The molecule has 21 heavy (non-hydrogen) atoms. The van der Waals surface area contributed by atoms with Crippen molar-refractivity contribution in [3.63, 3.8) is 0 Å². The Kier molecular flexibility index (Phi) is 4.02. The third-order valence-electron chi connectivity index (χ3n) is 2.64. The van der Waals surface area contributed by atoms with Gasteiger partial charge in [0.25, 0.3) is 5.69 Å². The van der Waals surface area contributed by atoms with Crippen molar-refractivity contribution < 1.29 is 18.1 Å². The monoisotopic (exact) mass is 294 g/mol. The van der Waals surface area contributed by atoms with Crippen LogP contribution in [-0.4, -0.2) is 11.1 Å². The van der Waals surface area contributed by atoms with E-state index >= 15 is 0 Å². The number of nitro benzene ring substituents is 1. The van der Waals surface area contributed by atoms with E-state index in [-0.39, 0.29) is 11.4 Å². The van der Waals surface area contributed by atoms with Gasteiger partial charge in [-0.15, -0.1) is 0 Å². The van der Waals surface area contributed by atoms with Crippen LogP contribution in [0.5, 0.6) is 0 Å². The largest absolute Gasteiger partial charge is 0.416 e. The molecule has 0 heterocycles. The fourth-order valence-electron chi connectivity index (χ4n) is 1.59. The number of nitrogens with zero attached hydrogens (tertiary/aromatic N) is 2. The van der Waals surface area contributed by atoms with Gasteiger partial charge in [0.15, 0.2) is 0 Å². The van der Waals surface area contributed by atoms with Crippen molar-refractivity contribution in [1.29, 1.82) is 0 Å². The van der Waals surface area contributed by atoms with Crippen LogP contribution in [0.25, 0.3) is 0 Å². The number of rotatable bonds is 3. The Morgan fingerprint density at radius 1 is 1.10 bits per heavy atom. The topological polar surface area (TPSA) is 55.5 Å². The third-order valence-corrected chi connectivity index (χ3v) is 2.64. The number of alkyl halides is 3. The molecular formula is C14H9F3N2O2. The van der Waals surface area contributed by atoms with Crippen molar-refractivity contribution in [3.05, 3.63) is 69.8 Å². The standard InChI is InChI=1S/C14H9F3N2O2/c15-14(16,17)11-2-1-3-12(8-11)18-9-10-4-6-13(7-5-10)19(20)21/h1-9H. The summed E-state index contributed by atoms with van der Waals surface area (Å²) in [5.41, 5.74) is -0.131. The summed E-state index contributed by atoms with van der Waals surface area (Å²) in [6.45, 7) is 0. The highest BCUT2D eigenvalue weighted by Crippen LogP contribution is 2.31. The van der Waals surface area contributed by atoms with Crippen molar-refractivity contribution in [3.8, 4) is 0 Å². The smallest absolute Gasteiger partial charge is 0.258 e. The summed E-state index contributed by atoms with van der Waals surface area (Å²) in [4.78, 5) is 13.9. The molecule has 0 atom stereocenters. The molecule has 0 N–H and O–H groups in total. The van der Waals surface area contributed by atoms with Crippen molar-refractivity contribution in [2.24, 2.45) is 4.99 Å². The number of non-ortho nitro benzene ring substituents is 1. The molecule has 0 radical (unpaired) electrons. The van der Waals surface area contributed by atoms with Gasteiger partial charge in [0.2, 0.25) is 0 Å². The summed E-state index contributed by atoms with van der Waals surface area (Å²) >= 11 is 0. The fraction of sp³-hybridized carbons (Fsp3) is 0.0714. The number of aliphatic imine (C=N–C) groups is 1. The van der Waals surface area contributed by atoms with E-state index in [9.17, 15) is 23.3 Å². The highest BCUT2D eigenvalue weighted by molar-refractivity contribution is 5.82. The second kappa shape index (κ2) is 5.74. The minimum Gasteiger partial charge on any atom is -0.258 e. The summed E-state index contributed by atoms with van der Waals surface area (Å²) in [5.74, 6) is 0. The molecule has 0 saturated heterocycles. The average Bonchev–Trinajstić information content (AvgIpc) is 2.45. The molecule has 108 valence electrons. The molecule has 0 bridgehead atoms. The molecule has 2 aromatic carbocycles. The molecule has 2 aromatic rings. The van der Waals surface area contributed by atoms with Gasteiger partial charge in [-0.3, -0.25) is 15.1 Å². The Hall–Kier alpha value is -2.70. The zero-order chi connectivity index (χ0) is 15.5. The Balaban J connectivity index is 2.19. The maximum Gasteiger partial charge on any atom is 0.416 e. The first-order chi connectivity index (χ1) is 9.86. The molecular weight excluding hydrogens is 285 g/mol. The molecule has 0 fully saturated rings. The van der Waals surface area contributed by atoms with Gasteiger partial charge in [-0.2, -0.15) is 13.2 Å². The van der Waals surface area contributed by atoms with E-state index in [1.165, 1.54) is 42.6 Å². The van der Waals surface area contributed by atoms with Gasteiger partial charge in [-0.1, -0.05) is 6.07 Å². The minimum absolute atomic E-state index is 0.0637. The van der Waals surface area contributed by atoms with Crippen LogP contribution in [0.15, 0.2) is 53.5 Å². The average molecular weight is 294 g/mol. The van der Waals surface area contributed by atoms with Gasteiger partial charge in [-0.25, -0.2) is 0 Å². The molecule has 0 amide bonds. The van der Waals surface area contributed by atoms with Gasteiger partial charge >= 0.3 is 6.18 Å². The van der Waals surface area contributed by atoms with Crippen molar-refractivity contribution in [2.45, 2.75) is 6.18 Å². The van der Waals surface area contributed by atoms with Crippen LogP contribution >= 0.6 is 0 Å². The van der Waals surface area contributed by atoms with Crippen LogP contribution in [0.2, 0.25) is 0 Å². The zero-order valence-electron chi connectivity index (χ0n) is 10.5. The normalized spacial score (nSPS) is 11.8. The summed E-state index contributed by atoms with van der Waals surface area (Å²) in [6.07, 6.45) is -3.07. The van der Waals surface area contributed by atoms with E-state index in [0.717, 1.165) is 12.1 Å². The molecule has 0 spiro atoms. The van der Waals surface area contributed by atoms with Gasteiger partial charge in [0, 0.05) is 18.3 Å². The molecule has 2 rings (SSSR count). The molecule has 7 heteroatoms. The first kappa shape index (κ1) is 14.7. The maximum absolute atomic E-state index is 12.5. The molecule has 0 saturated carbocycles. The Labute approximate surface area is 117 Å². The van der Waals surface area contributed by atoms with Crippen molar-refractivity contribution >= 4 is 17.6 Å². The van der Waals surface area contributed by atoms with Gasteiger partial charge in [0.05, 0.1) is 16.2 Å². The number of hydrogen-bond donors (Lipinski definition) is 0. The van der Waals surface area contributed by atoms with E-state index in [4.69, 9.17) is 0 Å². The lowest BCUT2D eigenvalue weighted by Gasteiger charge is -2.06. The summed E-state index contributed by atoms with van der Waals surface area (Å²) in [6, 6.07) is 10.1. The van der Waals surface area contributed by atoms with Crippen molar-refractivity contribution in [2.75, 3.05) is 0 Å². The maximum atomic E-state index is 12.5. The molecule has 0 aliphatic carbocycles. The number of hydrogen-bond acceptors (Lipinski definition) is 3. The zero-order valence-corrected chi connectivity index (χ0v) is 10.5. The second-order valence-corrected chi connectivity index (χ2v) is 4.15. The Morgan fingerprint density at radius 3 is 2.33 bits per heavy atom. The van der Waals surface area contributed by atoms with Crippen LogP contribution in [-0.2, 0) is 6.18 Å². The third kappa shape index (κ3) is 3.88. The van der Waals surface area contributed by atoms with Crippen molar-refractivity contribution in [1.82, 2.24) is 0 Å².